The maximum absolute atomic E-state index is 12.1. The average Bonchev–Trinajstić information content (AvgIpc) is 2.65. The number of anilines is 2. The van der Waals surface area contributed by atoms with Crippen LogP contribution in [0.1, 0.15) is 33.4 Å². The molecule has 0 saturated carbocycles. The summed E-state index contributed by atoms with van der Waals surface area (Å²) in [4.78, 5) is 22.9. The third kappa shape index (κ3) is 4.52. The summed E-state index contributed by atoms with van der Waals surface area (Å²) in [5, 5.41) is 2.44. The molecule has 1 aromatic heterocycles. The molecule has 1 aromatic rings. The molecule has 0 aliphatic heterocycles. The highest BCUT2D eigenvalue weighted by molar-refractivity contribution is 7.19. The Kier molecular flexibility index (Phi) is 5.41. The fourth-order valence-corrected chi connectivity index (χ4v) is 2.52. The molecular weight excluding hydrogens is 311 g/mol. The topological polar surface area (TPSA) is 107 Å². The molecule has 0 aromatic carbocycles. The van der Waals surface area contributed by atoms with Crippen LogP contribution in [0.3, 0.4) is 0 Å². The van der Waals surface area contributed by atoms with E-state index in [4.69, 9.17) is 16.2 Å². The molecule has 1 heterocycles. The molecule has 5 N–H and O–H groups in total. The van der Waals surface area contributed by atoms with Crippen LogP contribution in [0.5, 0.6) is 0 Å². The Morgan fingerprint density at radius 1 is 1.38 bits per heavy atom. The van der Waals surface area contributed by atoms with E-state index in [1.165, 1.54) is 0 Å². The molecule has 0 aliphatic carbocycles. The summed E-state index contributed by atoms with van der Waals surface area (Å²) in [6.07, 6.45) is -5.44. The lowest BCUT2D eigenvalue weighted by molar-refractivity contribution is -0.131. The van der Waals surface area contributed by atoms with Crippen LogP contribution in [0.15, 0.2) is 0 Å². The number of amides is 1. The Bertz CT molecular complexity index is 543. The van der Waals surface area contributed by atoms with Gasteiger partial charge >= 0.3 is 12.1 Å². The fourth-order valence-electron chi connectivity index (χ4n) is 1.48. The average molecular weight is 325 g/mol. The number of esters is 1. The Morgan fingerprint density at radius 2 is 2.00 bits per heavy atom. The summed E-state index contributed by atoms with van der Waals surface area (Å²) in [7, 11) is 0. The van der Waals surface area contributed by atoms with Crippen molar-refractivity contribution in [1.82, 2.24) is 0 Å². The van der Waals surface area contributed by atoms with Crippen molar-refractivity contribution in [3.05, 3.63) is 10.4 Å². The first-order chi connectivity index (χ1) is 9.67. The van der Waals surface area contributed by atoms with Crippen LogP contribution in [0.25, 0.3) is 0 Å². The number of rotatable bonds is 6. The van der Waals surface area contributed by atoms with Gasteiger partial charge in [0.25, 0.3) is 5.91 Å². The summed E-state index contributed by atoms with van der Waals surface area (Å²) >= 11 is 0.734. The first-order valence-corrected chi connectivity index (χ1v) is 6.68. The SMILES string of the molecule is CCOC(=O)c1sc(NCCC(F)(F)F)c(C(N)=O)c1N. The predicted octanol–water partition coefficient (Wildman–Crippen LogP) is 1.97. The van der Waals surface area contributed by atoms with Crippen molar-refractivity contribution in [2.24, 2.45) is 5.73 Å². The van der Waals surface area contributed by atoms with Crippen molar-refractivity contribution in [3.63, 3.8) is 0 Å². The summed E-state index contributed by atoms with van der Waals surface area (Å²) in [5.41, 5.74) is 10.4. The number of alkyl halides is 3. The van der Waals surface area contributed by atoms with Gasteiger partial charge in [-0.15, -0.1) is 11.3 Å². The van der Waals surface area contributed by atoms with Crippen molar-refractivity contribution in [2.45, 2.75) is 19.5 Å². The van der Waals surface area contributed by atoms with E-state index in [0.29, 0.717) is 0 Å². The highest BCUT2D eigenvalue weighted by atomic mass is 32.1. The number of thiophene rings is 1. The van der Waals surface area contributed by atoms with Crippen LogP contribution < -0.4 is 16.8 Å². The maximum atomic E-state index is 12.1. The van der Waals surface area contributed by atoms with Gasteiger partial charge in [0.2, 0.25) is 0 Å². The van der Waals surface area contributed by atoms with Crippen LogP contribution in [0, 0.1) is 0 Å². The predicted molar refractivity (Wildman–Crippen MR) is 72.4 cm³/mol. The molecule has 0 atom stereocenters. The van der Waals surface area contributed by atoms with Gasteiger partial charge in [-0.25, -0.2) is 4.79 Å². The van der Waals surface area contributed by atoms with E-state index in [1.54, 1.807) is 6.92 Å². The minimum atomic E-state index is -4.34. The number of primary amides is 1. The third-order valence-electron chi connectivity index (χ3n) is 2.35. The van der Waals surface area contributed by atoms with E-state index in [0.717, 1.165) is 11.3 Å². The molecule has 0 spiro atoms. The molecular formula is C11H14F3N3O3S. The largest absolute Gasteiger partial charge is 0.462 e. The molecule has 118 valence electrons. The van der Waals surface area contributed by atoms with Crippen molar-refractivity contribution < 1.29 is 27.5 Å². The van der Waals surface area contributed by atoms with Gasteiger partial charge in [-0.1, -0.05) is 0 Å². The molecule has 10 heteroatoms. The van der Waals surface area contributed by atoms with Gasteiger partial charge < -0.3 is 21.5 Å². The lowest BCUT2D eigenvalue weighted by Gasteiger charge is -2.08. The number of nitrogens with one attached hydrogen (secondary N) is 1. The second-order valence-corrected chi connectivity index (χ2v) is 4.95. The molecule has 1 amide bonds. The fraction of sp³-hybridized carbons (Fsp3) is 0.455. The monoisotopic (exact) mass is 325 g/mol. The molecule has 0 aliphatic rings. The van der Waals surface area contributed by atoms with Crippen LogP contribution >= 0.6 is 11.3 Å². The molecule has 6 nitrogen and oxygen atoms in total. The minimum Gasteiger partial charge on any atom is -0.462 e. The van der Waals surface area contributed by atoms with Crippen molar-refractivity contribution in [2.75, 3.05) is 24.2 Å². The second-order valence-electron chi connectivity index (χ2n) is 3.93. The zero-order valence-electron chi connectivity index (χ0n) is 11.0. The molecule has 1 rings (SSSR count). The molecule has 21 heavy (non-hydrogen) atoms. The standard InChI is InChI=1S/C11H14F3N3O3S/c1-2-20-10(19)7-6(15)5(8(16)18)9(21-7)17-4-3-11(12,13)14/h17H,2-4,15H2,1H3,(H2,16,18). The lowest BCUT2D eigenvalue weighted by atomic mass is 10.2. The van der Waals surface area contributed by atoms with E-state index < -0.39 is 31.0 Å². The van der Waals surface area contributed by atoms with E-state index in [2.05, 4.69) is 5.32 Å². The number of carbonyl (C=O) groups is 2. The highest BCUT2D eigenvalue weighted by Gasteiger charge is 2.28. The number of nitrogens with two attached hydrogens (primary N) is 2. The molecule has 0 saturated heterocycles. The summed E-state index contributed by atoms with van der Waals surface area (Å²) in [6, 6.07) is 0. The molecule has 0 fully saturated rings. The molecule has 0 unspecified atom stereocenters. The van der Waals surface area contributed by atoms with Gasteiger partial charge in [0, 0.05) is 6.54 Å². The number of hydrogen-bond donors (Lipinski definition) is 3. The zero-order chi connectivity index (χ0) is 16.2. The van der Waals surface area contributed by atoms with Crippen molar-refractivity contribution in [1.29, 1.82) is 0 Å². The number of halogens is 3. The van der Waals surface area contributed by atoms with E-state index in [1.807, 2.05) is 0 Å². The highest BCUT2D eigenvalue weighted by Crippen LogP contribution is 2.36. The lowest BCUT2D eigenvalue weighted by Crippen LogP contribution is -2.18. The Labute approximate surface area is 122 Å². The van der Waals surface area contributed by atoms with E-state index in [-0.39, 0.29) is 27.7 Å². The number of carbonyl (C=O) groups excluding carboxylic acids is 2. The first kappa shape index (κ1) is 17.1. The minimum absolute atomic E-state index is 0.0207. The van der Waals surface area contributed by atoms with Gasteiger partial charge in [0.1, 0.15) is 9.88 Å². The van der Waals surface area contributed by atoms with Gasteiger partial charge in [-0.05, 0) is 6.92 Å². The smallest absolute Gasteiger partial charge is 0.390 e. The van der Waals surface area contributed by atoms with E-state index >= 15 is 0 Å². The van der Waals surface area contributed by atoms with E-state index in [9.17, 15) is 22.8 Å². The third-order valence-corrected chi connectivity index (χ3v) is 3.49. The van der Waals surface area contributed by atoms with Crippen molar-refractivity contribution in [3.8, 4) is 0 Å². The molecule has 0 radical (unpaired) electrons. The first-order valence-electron chi connectivity index (χ1n) is 5.87. The van der Waals surface area contributed by atoms with Crippen LogP contribution in [-0.4, -0.2) is 31.2 Å². The zero-order valence-corrected chi connectivity index (χ0v) is 11.9. The maximum Gasteiger partial charge on any atom is 0.390 e. The quantitative estimate of drug-likeness (QED) is 0.693. The Balaban J connectivity index is 2.99. The summed E-state index contributed by atoms with van der Waals surface area (Å²) in [6.45, 7) is 1.21. The summed E-state index contributed by atoms with van der Waals surface area (Å²) < 4.78 is 41.1. The van der Waals surface area contributed by atoms with Crippen LogP contribution in [0.2, 0.25) is 0 Å². The number of hydrogen-bond acceptors (Lipinski definition) is 6. The van der Waals surface area contributed by atoms with Gasteiger partial charge in [-0.2, -0.15) is 13.2 Å². The normalized spacial score (nSPS) is 11.2. The Morgan fingerprint density at radius 3 is 2.48 bits per heavy atom. The van der Waals surface area contributed by atoms with Gasteiger partial charge in [0.15, 0.2) is 0 Å². The van der Waals surface area contributed by atoms with Crippen molar-refractivity contribution >= 4 is 33.9 Å². The number of ether oxygens (including phenoxy) is 1. The Hall–Kier alpha value is -1.97. The summed E-state index contributed by atoms with van der Waals surface area (Å²) in [5.74, 6) is -1.69. The van der Waals surface area contributed by atoms with Gasteiger partial charge in [0.05, 0.1) is 24.3 Å². The van der Waals surface area contributed by atoms with Crippen LogP contribution in [0.4, 0.5) is 23.9 Å². The molecule has 0 bridgehead atoms. The second kappa shape index (κ2) is 6.66. The van der Waals surface area contributed by atoms with Gasteiger partial charge in [-0.3, -0.25) is 4.79 Å². The van der Waals surface area contributed by atoms with Crippen LogP contribution in [-0.2, 0) is 4.74 Å². The number of nitrogen functional groups attached to an aromatic ring is 1.